The second-order valence-corrected chi connectivity index (χ2v) is 4.62. The lowest BCUT2D eigenvalue weighted by molar-refractivity contribution is -0.124. The van der Waals surface area contributed by atoms with Crippen molar-refractivity contribution in [3.05, 3.63) is 53.6 Å². The lowest BCUT2D eigenvalue weighted by Gasteiger charge is -2.27. The van der Waals surface area contributed by atoms with Gasteiger partial charge in [0.25, 0.3) is 0 Å². The first-order valence-corrected chi connectivity index (χ1v) is 5.97. The largest absolute Gasteiger partial charge is 0.367 e. The highest BCUT2D eigenvalue weighted by Crippen LogP contribution is 2.27. The summed E-state index contributed by atoms with van der Waals surface area (Å²) in [6, 6.07) is 8.10. The Morgan fingerprint density at radius 2 is 2.11 bits per heavy atom. The summed E-state index contributed by atoms with van der Waals surface area (Å²) in [5.74, 6) is -0.241. The van der Waals surface area contributed by atoms with E-state index < -0.39 is 5.72 Å². The van der Waals surface area contributed by atoms with Crippen molar-refractivity contribution in [1.29, 1.82) is 0 Å². The molecule has 0 fully saturated rings. The van der Waals surface area contributed by atoms with Gasteiger partial charge in [-0.3, -0.25) is 4.79 Å². The van der Waals surface area contributed by atoms with Crippen LogP contribution in [0.3, 0.4) is 0 Å². The third-order valence-corrected chi connectivity index (χ3v) is 3.02. The molecule has 0 aliphatic heterocycles. The van der Waals surface area contributed by atoms with E-state index in [1.807, 2.05) is 30.4 Å². The van der Waals surface area contributed by atoms with E-state index in [0.29, 0.717) is 6.42 Å². The zero-order chi connectivity index (χ0) is 13.2. The lowest BCUT2D eigenvalue weighted by atomic mass is 9.92. The van der Waals surface area contributed by atoms with E-state index in [1.54, 1.807) is 6.08 Å². The molecule has 1 unspecified atom stereocenters. The van der Waals surface area contributed by atoms with Gasteiger partial charge in [-0.05, 0) is 29.7 Å². The highest BCUT2D eigenvalue weighted by Gasteiger charge is 2.25. The van der Waals surface area contributed by atoms with E-state index in [0.717, 1.165) is 11.1 Å². The molecule has 0 heterocycles. The molecule has 1 amide bonds. The molecule has 1 aromatic carbocycles. The number of benzene rings is 1. The zero-order valence-electron chi connectivity index (χ0n) is 10.6. The summed E-state index contributed by atoms with van der Waals surface area (Å²) in [4.78, 5) is 11.0. The minimum Gasteiger partial charge on any atom is -0.367 e. The molecule has 0 aromatic heterocycles. The van der Waals surface area contributed by atoms with Crippen molar-refractivity contribution < 1.29 is 9.90 Å². The highest BCUT2D eigenvalue weighted by molar-refractivity contribution is 5.78. The molecule has 1 aromatic rings. The van der Waals surface area contributed by atoms with Crippen molar-refractivity contribution in [3.63, 3.8) is 0 Å². The third-order valence-electron chi connectivity index (χ3n) is 3.02. The summed E-state index contributed by atoms with van der Waals surface area (Å²) >= 11 is 0. The number of carbonyl (C=O) groups excluding carboxylic acids is 1. The van der Waals surface area contributed by atoms with Crippen LogP contribution in [0.5, 0.6) is 0 Å². The van der Waals surface area contributed by atoms with Crippen molar-refractivity contribution in [2.24, 2.45) is 0 Å². The van der Waals surface area contributed by atoms with Crippen LogP contribution < -0.4 is 5.32 Å². The Hall–Kier alpha value is -1.87. The topological polar surface area (TPSA) is 49.3 Å². The molecule has 1 atom stereocenters. The van der Waals surface area contributed by atoms with Crippen LogP contribution in [-0.4, -0.2) is 16.7 Å². The Labute approximate surface area is 107 Å². The van der Waals surface area contributed by atoms with Crippen LogP contribution in [0.4, 0.5) is 0 Å². The minimum atomic E-state index is -1.25. The number of hydrogen-bond donors (Lipinski definition) is 2. The predicted octanol–water partition coefficient (Wildman–Crippen LogP) is 2.16. The molecule has 2 rings (SSSR count). The van der Waals surface area contributed by atoms with Crippen LogP contribution in [0.15, 0.2) is 42.5 Å². The quantitative estimate of drug-likeness (QED) is 0.782. The van der Waals surface area contributed by atoms with Gasteiger partial charge in [0.15, 0.2) is 5.72 Å². The van der Waals surface area contributed by atoms with Crippen molar-refractivity contribution in [3.8, 4) is 0 Å². The first-order chi connectivity index (χ1) is 8.50. The van der Waals surface area contributed by atoms with Gasteiger partial charge in [0.1, 0.15) is 0 Å². The van der Waals surface area contributed by atoms with Crippen molar-refractivity contribution in [2.45, 2.75) is 26.0 Å². The van der Waals surface area contributed by atoms with Crippen LogP contribution in [0.25, 0.3) is 5.57 Å². The number of aliphatic hydroxyl groups is 1. The van der Waals surface area contributed by atoms with Crippen molar-refractivity contribution in [1.82, 2.24) is 5.32 Å². The number of amides is 1. The summed E-state index contributed by atoms with van der Waals surface area (Å²) in [5, 5.41) is 12.6. The molecular formula is C15H17NO2. The van der Waals surface area contributed by atoms with Crippen LogP contribution in [0, 0.1) is 6.92 Å². The fraction of sp³-hybridized carbons (Fsp3) is 0.267. The van der Waals surface area contributed by atoms with Crippen LogP contribution >= 0.6 is 0 Å². The Morgan fingerprint density at radius 3 is 2.67 bits per heavy atom. The molecule has 2 N–H and O–H groups in total. The molecule has 94 valence electrons. The zero-order valence-corrected chi connectivity index (χ0v) is 10.6. The number of rotatable bonds is 2. The van der Waals surface area contributed by atoms with Gasteiger partial charge in [-0.25, -0.2) is 0 Å². The van der Waals surface area contributed by atoms with Gasteiger partial charge < -0.3 is 10.4 Å². The summed E-state index contributed by atoms with van der Waals surface area (Å²) in [6.45, 7) is 3.45. The van der Waals surface area contributed by atoms with Gasteiger partial charge in [0.05, 0.1) is 0 Å². The molecule has 1 aliphatic rings. The van der Waals surface area contributed by atoms with E-state index in [2.05, 4.69) is 18.3 Å². The standard InChI is InChI=1S/C15H17NO2/c1-11-5-3-4-6-14(11)13-7-9-15(18,10-8-13)16-12(2)17/h3-9,18H,10H2,1-2H3,(H,16,17). The van der Waals surface area contributed by atoms with Crippen LogP contribution in [-0.2, 0) is 4.79 Å². The Balaban J connectivity index is 2.20. The first-order valence-electron chi connectivity index (χ1n) is 5.97. The Morgan fingerprint density at radius 1 is 1.39 bits per heavy atom. The molecule has 0 radical (unpaired) electrons. The number of aryl methyl sites for hydroxylation is 1. The Kier molecular flexibility index (Phi) is 3.34. The summed E-state index contributed by atoms with van der Waals surface area (Å²) in [7, 11) is 0. The number of carbonyl (C=O) groups is 1. The number of hydrogen-bond acceptors (Lipinski definition) is 2. The number of allylic oxidation sites excluding steroid dienone is 2. The summed E-state index contributed by atoms with van der Waals surface area (Å²) < 4.78 is 0. The average Bonchev–Trinajstić information content (AvgIpc) is 2.30. The number of nitrogens with one attached hydrogen (secondary N) is 1. The van der Waals surface area contributed by atoms with Gasteiger partial charge in [-0.2, -0.15) is 0 Å². The van der Waals surface area contributed by atoms with E-state index in [1.165, 1.54) is 12.5 Å². The monoisotopic (exact) mass is 243 g/mol. The molecule has 0 bridgehead atoms. The maximum absolute atomic E-state index is 11.0. The molecule has 1 aliphatic carbocycles. The summed E-state index contributed by atoms with van der Waals surface area (Å²) in [6.07, 6.45) is 5.81. The Bertz CT molecular complexity index is 531. The van der Waals surface area contributed by atoms with Crippen molar-refractivity contribution >= 4 is 11.5 Å². The third kappa shape index (κ3) is 2.68. The maximum atomic E-state index is 11.0. The van der Waals surface area contributed by atoms with E-state index >= 15 is 0 Å². The molecule has 0 saturated heterocycles. The van der Waals surface area contributed by atoms with E-state index in [4.69, 9.17) is 0 Å². The second-order valence-electron chi connectivity index (χ2n) is 4.62. The van der Waals surface area contributed by atoms with Gasteiger partial charge in [-0.15, -0.1) is 0 Å². The van der Waals surface area contributed by atoms with Gasteiger partial charge in [-0.1, -0.05) is 36.4 Å². The molecule has 18 heavy (non-hydrogen) atoms. The second kappa shape index (κ2) is 4.78. The maximum Gasteiger partial charge on any atom is 0.219 e. The average molecular weight is 243 g/mol. The fourth-order valence-electron chi connectivity index (χ4n) is 2.12. The van der Waals surface area contributed by atoms with E-state index in [-0.39, 0.29) is 5.91 Å². The van der Waals surface area contributed by atoms with Gasteiger partial charge >= 0.3 is 0 Å². The normalized spacial score (nSPS) is 22.5. The van der Waals surface area contributed by atoms with Crippen molar-refractivity contribution in [2.75, 3.05) is 0 Å². The molecular weight excluding hydrogens is 226 g/mol. The lowest BCUT2D eigenvalue weighted by Crippen LogP contribution is -2.46. The molecule has 0 spiro atoms. The first kappa shape index (κ1) is 12.6. The molecule has 0 saturated carbocycles. The SMILES string of the molecule is CC(=O)NC1(O)C=CC(c2ccccc2C)=CC1. The fourth-order valence-corrected chi connectivity index (χ4v) is 2.12. The van der Waals surface area contributed by atoms with E-state index in [9.17, 15) is 9.90 Å². The smallest absolute Gasteiger partial charge is 0.219 e. The van der Waals surface area contributed by atoms with Gasteiger partial charge in [0, 0.05) is 13.3 Å². The summed E-state index contributed by atoms with van der Waals surface area (Å²) in [5.41, 5.74) is 2.16. The minimum absolute atomic E-state index is 0.241. The molecule has 3 heteroatoms. The predicted molar refractivity (Wildman–Crippen MR) is 71.7 cm³/mol. The van der Waals surface area contributed by atoms with Crippen LogP contribution in [0.2, 0.25) is 0 Å². The van der Waals surface area contributed by atoms with Crippen LogP contribution in [0.1, 0.15) is 24.5 Å². The molecule has 3 nitrogen and oxygen atoms in total. The highest BCUT2D eigenvalue weighted by atomic mass is 16.3. The van der Waals surface area contributed by atoms with Gasteiger partial charge in [0.2, 0.25) is 5.91 Å².